The summed E-state index contributed by atoms with van der Waals surface area (Å²) >= 11 is 0. The molecule has 0 saturated carbocycles. The van der Waals surface area contributed by atoms with Crippen LogP contribution >= 0.6 is 0 Å². The molecule has 2 aromatic carbocycles. The summed E-state index contributed by atoms with van der Waals surface area (Å²) in [5, 5.41) is 0. The topological polar surface area (TPSA) is 58.2 Å². The predicted molar refractivity (Wildman–Crippen MR) is 106 cm³/mol. The number of H-pyrrole nitrogens is 1. The van der Waals surface area contributed by atoms with Gasteiger partial charge in [0.05, 0.1) is 23.0 Å². The lowest BCUT2D eigenvalue weighted by molar-refractivity contribution is 0.0229. The van der Waals surface area contributed by atoms with Crippen LogP contribution in [0.15, 0.2) is 36.4 Å². The highest BCUT2D eigenvalue weighted by molar-refractivity contribution is 6.01. The van der Waals surface area contributed by atoms with E-state index in [0.29, 0.717) is 6.42 Å². The average molecular weight is 361 g/mol. The van der Waals surface area contributed by atoms with Crippen LogP contribution in [-0.4, -0.2) is 34.4 Å². The number of ketones is 1. The number of carbonyl (C=O) groups is 1. The Morgan fingerprint density at radius 3 is 2.70 bits per heavy atom. The van der Waals surface area contributed by atoms with Gasteiger partial charge in [-0.15, -0.1) is 0 Å². The molecular weight excluding hydrogens is 338 g/mol. The SMILES string of the molecule is Cc1cc(C)c2c(c1)OC1(CCN(c3nc4ccccc4[nH]3)CC1)CC2=O. The first-order valence-corrected chi connectivity index (χ1v) is 9.56. The van der Waals surface area contributed by atoms with Crippen molar-refractivity contribution in [2.45, 2.75) is 38.7 Å². The van der Waals surface area contributed by atoms with E-state index in [-0.39, 0.29) is 11.4 Å². The smallest absolute Gasteiger partial charge is 0.203 e. The summed E-state index contributed by atoms with van der Waals surface area (Å²) in [5.41, 5.74) is 4.58. The van der Waals surface area contributed by atoms with Crippen molar-refractivity contribution in [2.75, 3.05) is 18.0 Å². The third-order valence-electron chi connectivity index (χ3n) is 5.88. The second-order valence-corrected chi connectivity index (χ2v) is 7.90. The first-order valence-electron chi connectivity index (χ1n) is 9.56. The zero-order valence-electron chi connectivity index (χ0n) is 15.7. The maximum absolute atomic E-state index is 12.8. The Morgan fingerprint density at radius 1 is 1.15 bits per heavy atom. The molecule has 1 N–H and O–H groups in total. The van der Waals surface area contributed by atoms with Crippen LogP contribution in [0.4, 0.5) is 5.95 Å². The Kier molecular flexibility index (Phi) is 3.54. The van der Waals surface area contributed by atoms with Gasteiger partial charge >= 0.3 is 0 Å². The van der Waals surface area contributed by atoms with Crippen LogP contribution in [0.3, 0.4) is 0 Å². The number of aromatic amines is 1. The van der Waals surface area contributed by atoms with Gasteiger partial charge < -0.3 is 14.6 Å². The van der Waals surface area contributed by atoms with Gasteiger partial charge in [0.2, 0.25) is 5.95 Å². The van der Waals surface area contributed by atoms with Crippen molar-refractivity contribution in [1.82, 2.24) is 9.97 Å². The summed E-state index contributed by atoms with van der Waals surface area (Å²) in [7, 11) is 0. The van der Waals surface area contributed by atoms with E-state index >= 15 is 0 Å². The number of benzene rings is 2. The Balaban J connectivity index is 1.38. The highest BCUT2D eigenvalue weighted by Gasteiger charge is 2.43. The number of fused-ring (bicyclic) bond motifs is 2. The molecule has 1 spiro atoms. The molecular formula is C22H23N3O2. The van der Waals surface area contributed by atoms with Crippen molar-refractivity contribution in [3.05, 3.63) is 53.1 Å². The largest absolute Gasteiger partial charge is 0.486 e. The van der Waals surface area contributed by atoms with Crippen molar-refractivity contribution in [3.63, 3.8) is 0 Å². The second-order valence-electron chi connectivity index (χ2n) is 7.90. The van der Waals surface area contributed by atoms with E-state index in [1.807, 2.05) is 44.2 Å². The third kappa shape index (κ3) is 2.69. The standard InChI is InChI=1S/C22H23N3O2/c1-14-11-15(2)20-18(26)13-22(27-19(20)12-14)7-9-25(10-8-22)21-23-16-5-3-4-6-17(16)24-21/h3-6,11-12H,7-10,13H2,1-2H3,(H,23,24). The molecule has 0 amide bonds. The molecule has 0 unspecified atom stereocenters. The van der Waals surface area contributed by atoms with Crippen LogP contribution in [0, 0.1) is 13.8 Å². The number of rotatable bonds is 1. The fourth-order valence-corrected chi connectivity index (χ4v) is 4.51. The lowest BCUT2D eigenvalue weighted by Crippen LogP contribution is -2.51. The third-order valence-corrected chi connectivity index (χ3v) is 5.88. The monoisotopic (exact) mass is 361 g/mol. The number of hydrogen-bond donors (Lipinski definition) is 1. The number of piperidine rings is 1. The molecule has 138 valence electrons. The Bertz CT molecular complexity index is 1010. The van der Waals surface area contributed by atoms with E-state index in [4.69, 9.17) is 9.72 Å². The number of anilines is 1. The van der Waals surface area contributed by atoms with Gasteiger partial charge in [0.25, 0.3) is 0 Å². The number of Topliss-reactive ketones (excluding diaryl/α,β-unsaturated/α-hetero) is 1. The molecule has 1 aromatic heterocycles. The molecule has 5 rings (SSSR count). The van der Waals surface area contributed by atoms with Crippen molar-refractivity contribution in [2.24, 2.45) is 0 Å². The number of carbonyl (C=O) groups excluding carboxylic acids is 1. The second kappa shape index (κ2) is 5.84. The quantitative estimate of drug-likeness (QED) is 0.706. The normalized spacial score (nSPS) is 18.6. The van der Waals surface area contributed by atoms with Crippen LogP contribution in [-0.2, 0) is 0 Å². The number of ether oxygens (including phenoxy) is 1. The van der Waals surface area contributed by atoms with Gasteiger partial charge in [0.1, 0.15) is 11.4 Å². The van der Waals surface area contributed by atoms with E-state index in [0.717, 1.165) is 65.4 Å². The Morgan fingerprint density at radius 2 is 1.93 bits per heavy atom. The van der Waals surface area contributed by atoms with Crippen LogP contribution in [0.25, 0.3) is 11.0 Å². The van der Waals surface area contributed by atoms with E-state index < -0.39 is 0 Å². The van der Waals surface area contributed by atoms with Gasteiger partial charge in [-0.25, -0.2) is 4.98 Å². The molecule has 2 aliphatic rings. The van der Waals surface area contributed by atoms with Crippen LogP contribution in [0.2, 0.25) is 0 Å². The number of para-hydroxylation sites is 2. The summed E-state index contributed by atoms with van der Waals surface area (Å²) in [6.45, 7) is 5.70. The highest BCUT2D eigenvalue weighted by atomic mass is 16.5. The zero-order valence-corrected chi connectivity index (χ0v) is 15.7. The lowest BCUT2D eigenvalue weighted by Gasteiger charge is -2.44. The van der Waals surface area contributed by atoms with Gasteiger partial charge in [-0.05, 0) is 43.2 Å². The molecule has 27 heavy (non-hydrogen) atoms. The highest BCUT2D eigenvalue weighted by Crippen LogP contribution is 2.41. The van der Waals surface area contributed by atoms with Crippen molar-refractivity contribution in [1.29, 1.82) is 0 Å². The molecule has 3 heterocycles. The minimum atomic E-state index is -0.382. The van der Waals surface area contributed by atoms with E-state index in [1.165, 1.54) is 0 Å². The predicted octanol–water partition coefficient (Wildman–Crippen LogP) is 4.18. The fourth-order valence-electron chi connectivity index (χ4n) is 4.51. The Labute approximate surface area is 158 Å². The maximum atomic E-state index is 12.8. The van der Waals surface area contributed by atoms with Crippen molar-refractivity contribution in [3.8, 4) is 5.75 Å². The van der Waals surface area contributed by atoms with E-state index in [2.05, 4.69) is 16.0 Å². The van der Waals surface area contributed by atoms with Crippen LogP contribution in [0.5, 0.6) is 5.75 Å². The zero-order chi connectivity index (χ0) is 18.6. The van der Waals surface area contributed by atoms with Gasteiger partial charge in [-0.3, -0.25) is 4.79 Å². The number of imidazole rings is 1. The van der Waals surface area contributed by atoms with Crippen LogP contribution in [0.1, 0.15) is 40.7 Å². The number of hydrogen-bond acceptors (Lipinski definition) is 4. The molecule has 1 saturated heterocycles. The summed E-state index contributed by atoms with van der Waals surface area (Å²) < 4.78 is 6.46. The number of aromatic nitrogens is 2. The number of nitrogens with one attached hydrogen (secondary N) is 1. The van der Waals surface area contributed by atoms with E-state index in [1.54, 1.807) is 0 Å². The molecule has 0 atom stereocenters. The summed E-state index contributed by atoms with van der Waals surface area (Å²) in [5.74, 6) is 1.88. The van der Waals surface area contributed by atoms with Gasteiger partial charge in [0, 0.05) is 25.9 Å². The first-order chi connectivity index (χ1) is 13.0. The van der Waals surface area contributed by atoms with Crippen LogP contribution < -0.4 is 9.64 Å². The number of nitrogens with zero attached hydrogens (tertiary/aromatic N) is 2. The first kappa shape index (κ1) is 16.4. The molecule has 1 fully saturated rings. The van der Waals surface area contributed by atoms with Crippen molar-refractivity contribution >= 4 is 22.8 Å². The fraction of sp³-hybridized carbons (Fsp3) is 0.364. The molecule has 3 aromatic rings. The van der Waals surface area contributed by atoms with Gasteiger partial charge in [-0.2, -0.15) is 0 Å². The van der Waals surface area contributed by atoms with Gasteiger partial charge in [0.15, 0.2) is 5.78 Å². The molecule has 2 aliphatic heterocycles. The molecule has 5 heteroatoms. The molecule has 0 bridgehead atoms. The van der Waals surface area contributed by atoms with Crippen molar-refractivity contribution < 1.29 is 9.53 Å². The lowest BCUT2D eigenvalue weighted by atomic mass is 9.81. The van der Waals surface area contributed by atoms with Gasteiger partial charge in [-0.1, -0.05) is 18.2 Å². The van der Waals surface area contributed by atoms with E-state index in [9.17, 15) is 4.79 Å². The molecule has 0 aliphatic carbocycles. The minimum Gasteiger partial charge on any atom is -0.486 e. The average Bonchev–Trinajstić information content (AvgIpc) is 3.05. The summed E-state index contributed by atoms with van der Waals surface area (Å²) in [6, 6.07) is 12.1. The molecule has 0 radical (unpaired) electrons. The number of aryl methyl sites for hydroxylation is 2. The Hall–Kier alpha value is -2.82. The minimum absolute atomic E-state index is 0.214. The molecule has 5 nitrogen and oxygen atoms in total. The summed E-state index contributed by atoms with van der Waals surface area (Å²) in [4.78, 5) is 23.2. The summed E-state index contributed by atoms with van der Waals surface area (Å²) in [6.07, 6.45) is 2.11. The maximum Gasteiger partial charge on any atom is 0.203 e.